The molecule has 0 fully saturated rings. The number of aryl methyl sites for hydroxylation is 1. The Morgan fingerprint density at radius 3 is 1.68 bits per heavy atom. The maximum Gasteiger partial charge on any atom is 0.367 e. The normalized spacial score (nSPS) is 10.5. The zero-order chi connectivity index (χ0) is 17.3. The number of halogens is 1. The van der Waals surface area contributed by atoms with Gasteiger partial charge < -0.3 is 17.1 Å². The van der Waals surface area contributed by atoms with E-state index in [1.165, 1.54) is 89.9 Å². The predicted octanol–water partition coefficient (Wildman–Crippen LogP) is 3.38. The third kappa shape index (κ3) is 14.1. The van der Waals surface area contributed by atoms with Gasteiger partial charge in [-0.05, 0) is 12.5 Å². The maximum atomic E-state index is 5.81. The first-order valence-corrected chi connectivity index (χ1v) is 10.4. The molecule has 0 aliphatic carbocycles. The van der Waals surface area contributed by atoms with Crippen LogP contribution in [-0.4, -0.2) is 6.61 Å². The molecule has 0 N–H and O–H groups in total. The van der Waals surface area contributed by atoms with E-state index < -0.39 is 0 Å². The first kappa shape index (κ1) is 24.2. The highest BCUT2D eigenvalue weighted by Gasteiger charge is 2.04. The second kappa shape index (κ2) is 18.0. The topological polar surface area (TPSA) is 13.1 Å². The third-order valence-corrected chi connectivity index (χ3v) is 4.76. The molecule has 0 unspecified atom stereocenters. The van der Waals surface area contributed by atoms with E-state index in [0.29, 0.717) is 0 Å². The number of aromatic nitrogens is 1. The van der Waals surface area contributed by atoms with Gasteiger partial charge in [-0.25, -0.2) is 0 Å². The number of nitrogens with zero attached hydrogens (tertiary/aromatic N) is 1. The molecule has 0 saturated heterocycles. The Morgan fingerprint density at radius 2 is 1.20 bits per heavy atom. The van der Waals surface area contributed by atoms with Crippen molar-refractivity contribution >= 4 is 0 Å². The smallest absolute Gasteiger partial charge is 0.367 e. The fourth-order valence-electron chi connectivity index (χ4n) is 3.13. The Kier molecular flexibility index (Phi) is 17.5. The Balaban J connectivity index is 0.00000576. The van der Waals surface area contributed by atoms with Crippen LogP contribution >= 0.6 is 0 Å². The van der Waals surface area contributed by atoms with Crippen molar-refractivity contribution in [3.63, 3.8) is 0 Å². The van der Waals surface area contributed by atoms with Crippen LogP contribution in [0.25, 0.3) is 0 Å². The van der Waals surface area contributed by atoms with E-state index in [0.717, 1.165) is 12.5 Å². The largest absolute Gasteiger partial charge is 1.00 e. The lowest BCUT2D eigenvalue weighted by atomic mass is 10.0. The molecule has 1 aromatic heterocycles. The molecule has 1 aromatic rings. The van der Waals surface area contributed by atoms with Gasteiger partial charge in [0.15, 0.2) is 6.20 Å². The van der Waals surface area contributed by atoms with Crippen molar-refractivity contribution in [3.8, 4) is 5.88 Å². The number of pyridine rings is 1. The minimum atomic E-state index is 0. The maximum absolute atomic E-state index is 5.81. The van der Waals surface area contributed by atoms with Gasteiger partial charge in [-0.3, -0.25) is 0 Å². The van der Waals surface area contributed by atoms with Crippen molar-refractivity contribution in [1.29, 1.82) is 0 Å². The van der Waals surface area contributed by atoms with Gasteiger partial charge in [0.1, 0.15) is 7.05 Å². The molecule has 0 saturated carbocycles. The number of ether oxygens (including phenoxy) is 1. The van der Waals surface area contributed by atoms with E-state index in [2.05, 4.69) is 6.92 Å². The van der Waals surface area contributed by atoms with Crippen molar-refractivity contribution in [1.82, 2.24) is 0 Å². The molecule has 2 nitrogen and oxygen atoms in total. The lowest BCUT2D eigenvalue weighted by molar-refractivity contribution is -0.677. The number of hydrogen-bond acceptors (Lipinski definition) is 1. The molecule has 146 valence electrons. The van der Waals surface area contributed by atoms with Crippen LogP contribution in [0.15, 0.2) is 24.4 Å². The molecule has 0 aliphatic rings. The first-order valence-electron chi connectivity index (χ1n) is 10.4. The van der Waals surface area contributed by atoms with Crippen molar-refractivity contribution in [3.05, 3.63) is 24.4 Å². The minimum Gasteiger partial charge on any atom is -1.00 e. The van der Waals surface area contributed by atoms with Gasteiger partial charge in [-0.1, -0.05) is 90.4 Å². The summed E-state index contributed by atoms with van der Waals surface area (Å²) >= 11 is 0. The summed E-state index contributed by atoms with van der Waals surface area (Å²) < 4.78 is 7.84. The van der Waals surface area contributed by atoms with E-state index in [9.17, 15) is 0 Å². The summed E-state index contributed by atoms with van der Waals surface area (Å²) in [5, 5.41) is 0. The van der Waals surface area contributed by atoms with Crippen LogP contribution in [-0.2, 0) is 7.05 Å². The molecule has 1 rings (SSSR count). The summed E-state index contributed by atoms with van der Waals surface area (Å²) in [6, 6.07) is 6.09. The van der Waals surface area contributed by atoms with Crippen LogP contribution in [0.5, 0.6) is 5.88 Å². The van der Waals surface area contributed by atoms with E-state index in [1.807, 2.05) is 36.0 Å². The van der Waals surface area contributed by atoms with E-state index in [1.54, 1.807) is 0 Å². The highest BCUT2D eigenvalue weighted by atomic mass is 35.5. The predicted molar refractivity (Wildman–Crippen MR) is 103 cm³/mol. The molecule has 0 spiro atoms. The SMILES string of the molecule is CCCCCCCCCCCCCCCCOc1cccc[n+]1C.[Cl-]. The molecular formula is C22H40ClNO. The van der Waals surface area contributed by atoms with Crippen LogP contribution in [0.1, 0.15) is 96.8 Å². The molecular weight excluding hydrogens is 330 g/mol. The third-order valence-electron chi connectivity index (χ3n) is 4.76. The Hall–Kier alpha value is -0.760. The van der Waals surface area contributed by atoms with E-state index in [-0.39, 0.29) is 12.4 Å². The lowest BCUT2D eigenvalue weighted by Gasteiger charge is -2.04. The zero-order valence-electron chi connectivity index (χ0n) is 16.6. The van der Waals surface area contributed by atoms with Crippen LogP contribution < -0.4 is 21.7 Å². The molecule has 3 heteroatoms. The van der Waals surface area contributed by atoms with Gasteiger partial charge in [0.25, 0.3) is 0 Å². The van der Waals surface area contributed by atoms with Crippen molar-refractivity contribution < 1.29 is 21.7 Å². The summed E-state index contributed by atoms with van der Waals surface area (Å²) in [6.45, 7) is 3.13. The molecule has 0 bridgehead atoms. The average molecular weight is 370 g/mol. The highest BCUT2D eigenvalue weighted by molar-refractivity contribution is 5.02. The number of unbranched alkanes of at least 4 members (excludes halogenated alkanes) is 13. The fraction of sp³-hybridized carbons (Fsp3) is 0.773. The molecule has 0 aromatic carbocycles. The van der Waals surface area contributed by atoms with Crippen molar-refractivity contribution in [2.24, 2.45) is 7.05 Å². The second-order valence-electron chi connectivity index (χ2n) is 7.09. The summed E-state index contributed by atoms with van der Waals surface area (Å²) in [4.78, 5) is 0. The van der Waals surface area contributed by atoms with Crippen LogP contribution in [0.4, 0.5) is 0 Å². The lowest BCUT2D eigenvalue weighted by Crippen LogP contribution is -3.00. The molecule has 0 atom stereocenters. The number of rotatable bonds is 16. The van der Waals surface area contributed by atoms with E-state index >= 15 is 0 Å². The number of hydrogen-bond donors (Lipinski definition) is 0. The first-order chi connectivity index (χ1) is 11.8. The summed E-state index contributed by atoms with van der Waals surface area (Å²) in [5.74, 6) is 0.965. The van der Waals surface area contributed by atoms with Gasteiger partial charge in [0.05, 0.1) is 12.7 Å². The van der Waals surface area contributed by atoms with E-state index in [4.69, 9.17) is 4.74 Å². The Morgan fingerprint density at radius 1 is 0.720 bits per heavy atom. The van der Waals surface area contributed by atoms with Gasteiger partial charge in [0.2, 0.25) is 0 Å². The Labute approximate surface area is 162 Å². The molecule has 25 heavy (non-hydrogen) atoms. The minimum absolute atomic E-state index is 0. The summed E-state index contributed by atoms with van der Waals surface area (Å²) in [7, 11) is 2.03. The van der Waals surface area contributed by atoms with Crippen LogP contribution in [0.2, 0.25) is 0 Å². The summed E-state index contributed by atoms with van der Waals surface area (Å²) in [6.07, 6.45) is 21.6. The van der Waals surface area contributed by atoms with Crippen LogP contribution in [0.3, 0.4) is 0 Å². The van der Waals surface area contributed by atoms with Gasteiger partial charge in [0, 0.05) is 6.07 Å². The molecule has 0 amide bonds. The molecule has 0 radical (unpaired) electrons. The van der Waals surface area contributed by atoms with Crippen LogP contribution in [0, 0.1) is 0 Å². The summed E-state index contributed by atoms with van der Waals surface area (Å²) in [5.41, 5.74) is 0. The fourth-order valence-corrected chi connectivity index (χ4v) is 3.13. The van der Waals surface area contributed by atoms with Gasteiger partial charge >= 0.3 is 5.88 Å². The standard InChI is InChI=1S/C22H40NO.ClH/c1-3-4-5-6-7-8-9-10-11-12-13-14-15-18-21-24-22-19-16-17-20-23(22)2;/h16-17,19-20H,3-15,18,21H2,1-2H3;1H/q+1;/p-1. The van der Waals surface area contributed by atoms with Crippen molar-refractivity contribution in [2.45, 2.75) is 96.8 Å². The zero-order valence-corrected chi connectivity index (χ0v) is 17.4. The highest BCUT2D eigenvalue weighted by Crippen LogP contribution is 2.13. The van der Waals surface area contributed by atoms with Crippen molar-refractivity contribution in [2.75, 3.05) is 6.61 Å². The quantitative estimate of drug-likeness (QED) is 0.321. The Bertz CT molecular complexity index is 397. The molecule has 1 heterocycles. The average Bonchev–Trinajstić information content (AvgIpc) is 2.60. The molecule has 0 aliphatic heterocycles. The van der Waals surface area contributed by atoms with Gasteiger partial charge in [-0.15, -0.1) is 0 Å². The monoisotopic (exact) mass is 369 g/mol. The second-order valence-corrected chi connectivity index (χ2v) is 7.09. The van der Waals surface area contributed by atoms with Gasteiger partial charge in [-0.2, -0.15) is 4.57 Å².